The molecule has 1 saturated heterocycles. The maximum absolute atomic E-state index is 12.3. The SMILES string of the molecule is COc1ccc(-c2noc(CN3C(=O)CN(C4CC4)C3=O)n2)cc1. The molecule has 0 radical (unpaired) electrons. The lowest BCUT2D eigenvalue weighted by atomic mass is 10.2. The highest BCUT2D eigenvalue weighted by molar-refractivity contribution is 6.02. The van der Waals surface area contributed by atoms with Crippen LogP contribution in [0.5, 0.6) is 5.75 Å². The third-order valence-corrected chi connectivity index (χ3v) is 4.18. The van der Waals surface area contributed by atoms with Crippen molar-refractivity contribution >= 4 is 11.9 Å². The second-order valence-corrected chi connectivity index (χ2v) is 5.86. The van der Waals surface area contributed by atoms with Gasteiger partial charge >= 0.3 is 6.03 Å². The summed E-state index contributed by atoms with van der Waals surface area (Å²) in [6, 6.07) is 7.16. The summed E-state index contributed by atoms with van der Waals surface area (Å²) >= 11 is 0. The molecule has 0 spiro atoms. The van der Waals surface area contributed by atoms with Crippen LogP contribution in [0.15, 0.2) is 28.8 Å². The van der Waals surface area contributed by atoms with Crippen LogP contribution in [0.25, 0.3) is 11.4 Å². The molecular weight excluding hydrogens is 312 g/mol. The number of amides is 3. The highest BCUT2D eigenvalue weighted by Crippen LogP contribution is 2.30. The number of aromatic nitrogens is 2. The van der Waals surface area contributed by atoms with Gasteiger partial charge in [-0.3, -0.25) is 9.69 Å². The molecule has 1 aromatic heterocycles. The van der Waals surface area contributed by atoms with Gasteiger partial charge in [-0.25, -0.2) is 4.79 Å². The number of ether oxygens (including phenoxy) is 1. The fourth-order valence-electron chi connectivity index (χ4n) is 2.70. The van der Waals surface area contributed by atoms with E-state index in [1.165, 1.54) is 4.90 Å². The Labute approximate surface area is 138 Å². The number of hydrogen-bond acceptors (Lipinski definition) is 6. The van der Waals surface area contributed by atoms with Gasteiger partial charge in [0.15, 0.2) is 0 Å². The average molecular weight is 328 g/mol. The van der Waals surface area contributed by atoms with Crippen LogP contribution < -0.4 is 4.74 Å². The number of hydrogen-bond donors (Lipinski definition) is 0. The van der Waals surface area contributed by atoms with Crippen molar-refractivity contribution in [2.24, 2.45) is 0 Å². The fraction of sp³-hybridized carbons (Fsp3) is 0.375. The molecule has 0 atom stereocenters. The van der Waals surface area contributed by atoms with Crippen molar-refractivity contribution in [3.8, 4) is 17.1 Å². The van der Waals surface area contributed by atoms with Gasteiger partial charge in [-0.1, -0.05) is 5.16 Å². The van der Waals surface area contributed by atoms with Gasteiger partial charge in [0.05, 0.1) is 7.11 Å². The predicted octanol–water partition coefficient (Wildman–Crippen LogP) is 1.67. The molecule has 8 nitrogen and oxygen atoms in total. The fourth-order valence-corrected chi connectivity index (χ4v) is 2.70. The lowest BCUT2D eigenvalue weighted by molar-refractivity contribution is -0.126. The van der Waals surface area contributed by atoms with Crippen LogP contribution in [0, 0.1) is 0 Å². The molecule has 124 valence electrons. The molecule has 2 heterocycles. The number of imide groups is 1. The van der Waals surface area contributed by atoms with Crippen LogP contribution in [0.1, 0.15) is 18.7 Å². The summed E-state index contributed by atoms with van der Waals surface area (Å²) in [6.45, 7) is 0.146. The molecule has 1 aliphatic carbocycles. The summed E-state index contributed by atoms with van der Waals surface area (Å²) in [5.74, 6) is 1.15. The van der Waals surface area contributed by atoms with Crippen molar-refractivity contribution in [1.29, 1.82) is 0 Å². The van der Waals surface area contributed by atoms with E-state index in [2.05, 4.69) is 10.1 Å². The number of carbonyl (C=O) groups is 2. The van der Waals surface area contributed by atoms with Crippen molar-refractivity contribution in [3.05, 3.63) is 30.2 Å². The Balaban J connectivity index is 1.48. The van der Waals surface area contributed by atoms with E-state index in [0.717, 1.165) is 24.2 Å². The summed E-state index contributed by atoms with van der Waals surface area (Å²) in [4.78, 5) is 31.4. The molecular formula is C16H16N4O4. The van der Waals surface area contributed by atoms with Crippen molar-refractivity contribution in [2.45, 2.75) is 25.4 Å². The Hall–Kier alpha value is -2.90. The zero-order chi connectivity index (χ0) is 16.7. The second-order valence-electron chi connectivity index (χ2n) is 5.86. The summed E-state index contributed by atoms with van der Waals surface area (Å²) in [6.07, 6.45) is 1.93. The maximum atomic E-state index is 12.3. The summed E-state index contributed by atoms with van der Waals surface area (Å²) < 4.78 is 10.3. The van der Waals surface area contributed by atoms with Crippen molar-refractivity contribution < 1.29 is 18.8 Å². The van der Waals surface area contributed by atoms with Crippen LogP contribution in [-0.2, 0) is 11.3 Å². The van der Waals surface area contributed by atoms with E-state index in [9.17, 15) is 9.59 Å². The maximum Gasteiger partial charge on any atom is 0.327 e. The highest BCUT2D eigenvalue weighted by atomic mass is 16.5. The molecule has 0 N–H and O–H groups in total. The van der Waals surface area contributed by atoms with Gasteiger partial charge in [-0.15, -0.1) is 0 Å². The molecule has 24 heavy (non-hydrogen) atoms. The minimum atomic E-state index is -0.272. The normalized spacial score (nSPS) is 17.7. The van der Waals surface area contributed by atoms with E-state index < -0.39 is 0 Å². The Kier molecular flexibility index (Phi) is 3.44. The van der Waals surface area contributed by atoms with Crippen LogP contribution >= 0.6 is 0 Å². The third-order valence-electron chi connectivity index (χ3n) is 4.18. The first kappa shape index (κ1) is 14.7. The van der Waals surface area contributed by atoms with Crippen LogP contribution in [0.3, 0.4) is 0 Å². The monoisotopic (exact) mass is 328 g/mol. The van der Waals surface area contributed by atoms with Gasteiger partial charge in [0, 0.05) is 11.6 Å². The molecule has 2 fully saturated rings. The molecule has 1 saturated carbocycles. The molecule has 1 aliphatic heterocycles. The number of nitrogens with zero attached hydrogens (tertiary/aromatic N) is 4. The van der Waals surface area contributed by atoms with E-state index in [1.807, 2.05) is 12.1 Å². The van der Waals surface area contributed by atoms with E-state index in [1.54, 1.807) is 24.1 Å². The first-order valence-corrected chi connectivity index (χ1v) is 7.73. The molecule has 2 aromatic rings. The quantitative estimate of drug-likeness (QED) is 0.776. The third kappa shape index (κ3) is 2.60. The minimum Gasteiger partial charge on any atom is -0.497 e. The first-order chi connectivity index (χ1) is 11.7. The Morgan fingerprint density at radius 2 is 2.00 bits per heavy atom. The largest absolute Gasteiger partial charge is 0.497 e. The van der Waals surface area contributed by atoms with Crippen molar-refractivity contribution in [3.63, 3.8) is 0 Å². The van der Waals surface area contributed by atoms with Crippen molar-refractivity contribution in [2.75, 3.05) is 13.7 Å². The van der Waals surface area contributed by atoms with Gasteiger partial charge in [0.2, 0.25) is 11.7 Å². The second kappa shape index (κ2) is 5.63. The van der Waals surface area contributed by atoms with E-state index in [4.69, 9.17) is 9.26 Å². The molecule has 8 heteroatoms. The van der Waals surface area contributed by atoms with E-state index in [0.29, 0.717) is 5.82 Å². The smallest absolute Gasteiger partial charge is 0.327 e. The van der Waals surface area contributed by atoms with Crippen molar-refractivity contribution in [1.82, 2.24) is 19.9 Å². The molecule has 0 unspecified atom stereocenters. The van der Waals surface area contributed by atoms with Crippen LogP contribution in [0.4, 0.5) is 4.79 Å². The average Bonchev–Trinajstić information content (AvgIpc) is 3.28. The van der Waals surface area contributed by atoms with E-state index in [-0.39, 0.29) is 37.0 Å². The van der Waals surface area contributed by atoms with Gasteiger partial charge in [0.1, 0.15) is 18.8 Å². The molecule has 4 rings (SSSR count). The summed E-state index contributed by atoms with van der Waals surface area (Å²) in [5.41, 5.74) is 0.768. The number of carbonyl (C=O) groups excluding carboxylic acids is 2. The van der Waals surface area contributed by atoms with Gasteiger partial charge in [0.25, 0.3) is 5.91 Å². The summed E-state index contributed by atoms with van der Waals surface area (Å²) in [7, 11) is 1.59. The van der Waals surface area contributed by atoms with Gasteiger partial charge in [-0.05, 0) is 37.1 Å². The standard InChI is InChI=1S/C16H16N4O4/c1-23-12-6-2-10(3-7-12)15-17-13(24-18-15)8-20-14(21)9-19(16(20)22)11-4-5-11/h2-3,6-7,11H,4-5,8-9H2,1H3. The van der Waals surface area contributed by atoms with E-state index >= 15 is 0 Å². The summed E-state index contributed by atoms with van der Waals surface area (Å²) in [5, 5.41) is 3.91. The molecule has 0 bridgehead atoms. The van der Waals surface area contributed by atoms with Crippen LogP contribution in [-0.4, -0.2) is 51.6 Å². The number of urea groups is 1. The Morgan fingerprint density at radius 3 is 2.67 bits per heavy atom. The first-order valence-electron chi connectivity index (χ1n) is 7.73. The lowest BCUT2D eigenvalue weighted by Gasteiger charge is -2.14. The minimum absolute atomic E-state index is 0.00401. The van der Waals surface area contributed by atoms with Crippen LogP contribution in [0.2, 0.25) is 0 Å². The highest BCUT2D eigenvalue weighted by Gasteiger charge is 2.44. The number of benzene rings is 1. The predicted molar refractivity (Wildman–Crippen MR) is 82.0 cm³/mol. The molecule has 3 amide bonds. The molecule has 2 aliphatic rings. The Bertz CT molecular complexity index is 782. The number of rotatable bonds is 5. The van der Waals surface area contributed by atoms with Gasteiger partial charge in [-0.2, -0.15) is 4.98 Å². The Morgan fingerprint density at radius 1 is 1.25 bits per heavy atom. The topological polar surface area (TPSA) is 88.8 Å². The zero-order valence-corrected chi connectivity index (χ0v) is 13.1. The lowest BCUT2D eigenvalue weighted by Crippen LogP contribution is -2.33. The van der Waals surface area contributed by atoms with Gasteiger partial charge < -0.3 is 14.2 Å². The number of methoxy groups -OCH3 is 1. The zero-order valence-electron chi connectivity index (χ0n) is 13.1. The molecule has 1 aromatic carbocycles.